The molecule has 0 atom stereocenters. The van der Waals surface area contributed by atoms with Gasteiger partial charge in [0.05, 0.1) is 5.69 Å². The number of amides is 4. The Kier molecular flexibility index (Phi) is 6.15. The molecule has 4 amide bonds. The molecular formula is C24H16Br2N2O3. The maximum atomic E-state index is 12.9. The number of hydrogen-bond donors (Lipinski definition) is 1. The predicted molar refractivity (Wildman–Crippen MR) is 127 cm³/mol. The van der Waals surface area contributed by atoms with E-state index in [1.165, 1.54) is 6.08 Å². The molecule has 0 aliphatic carbocycles. The summed E-state index contributed by atoms with van der Waals surface area (Å²) in [5.74, 6) is -1.37. The van der Waals surface area contributed by atoms with Crippen LogP contribution in [0.2, 0.25) is 0 Å². The highest BCUT2D eigenvalue weighted by molar-refractivity contribution is 9.10. The van der Waals surface area contributed by atoms with E-state index in [-0.39, 0.29) is 5.57 Å². The number of benzene rings is 3. The van der Waals surface area contributed by atoms with Crippen LogP contribution in [0.1, 0.15) is 16.7 Å². The Morgan fingerprint density at radius 3 is 2.19 bits per heavy atom. The Morgan fingerprint density at radius 1 is 0.806 bits per heavy atom. The maximum absolute atomic E-state index is 12.9. The molecule has 4 rings (SSSR count). The van der Waals surface area contributed by atoms with Crippen LogP contribution in [0.15, 0.2) is 87.3 Å². The second-order valence-electron chi connectivity index (χ2n) is 6.91. The zero-order chi connectivity index (χ0) is 22.0. The van der Waals surface area contributed by atoms with Crippen molar-refractivity contribution in [1.29, 1.82) is 0 Å². The van der Waals surface area contributed by atoms with Crippen molar-refractivity contribution in [2.45, 2.75) is 6.42 Å². The molecule has 1 heterocycles. The summed E-state index contributed by atoms with van der Waals surface area (Å²) in [5, 5.41) is 2.24. The fourth-order valence-electron chi connectivity index (χ4n) is 3.28. The average molecular weight is 540 g/mol. The molecule has 1 saturated heterocycles. The smallest absolute Gasteiger partial charge is 0.273 e. The highest BCUT2D eigenvalue weighted by Gasteiger charge is 2.36. The molecule has 154 valence electrons. The summed E-state index contributed by atoms with van der Waals surface area (Å²) >= 11 is 7.15. The molecule has 31 heavy (non-hydrogen) atoms. The standard InChI is InChI=1S/C24H16Br2N2O3/c25-20-9-5-4-6-16(20)14-17-11-10-15(13-21(17)26)12-19-22(29)27-24(31)28(23(19)30)18-7-2-1-3-8-18/h1-13H,14H2,(H,27,29,31)/b19-12+. The molecule has 1 aliphatic heterocycles. The lowest BCUT2D eigenvalue weighted by atomic mass is 10.0. The van der Waals surface area contributed by atoms with Crippen LogP contribution in [0, 0.1) is 0 Å². The molecular weight excluding hydrogens is 524 g/mol. The molecule has 0 unspecified atom stereocenters. The summed E-state index contributed by atoms with van der Waals surface area (Å²) in [6.07, 6.45) is 2.21. The summed E-state index contributed by atoms with van der Waals surface area (Å²) < 4.78 is 1.89. The van der Waals surface area contributed by atoms with Gasteiger partial charge in [-0.1, -0.05) is 80.4 Å². The van der Waals surface area contributed by atoms with Gasteiger partial charge < -0.3 is 0 Å². The van der Waals surface area contributed by atoms with Gasteiger partial charge in [0.15, 0.2) is 0 Å². The minimum atomic E-state index is -0.761. The van der Waals surface area contributed by atoms with E-state index in [2.05, 4.69) is 37.2 Å². The van der Waals surface area contributed by atoms with Gasteiger partial charge in [0.1, 0.15) is 5.57 Å². The number of nitrogens with one attached hydrogen (secondary N) is 1. The topological polar surface area (TPSA) is 66.5 Å². The lowest BCUT2D eigenvalue weighted by Gasteiger charge is -2.26. The van der Waals surface area contributed by atoms with E-state index in [0.29, 0.717) is 17.7 Å². The molecule has 1 aliphatic rings. The largest absolute Gasteiger partial charge is 0.335 e. The highest BCUT2D eigenvalue weighted by Crippen LogP contribution is 2.27. The molecule has 0 bridgehead atoms. The fourth-order valence-corrected chi connectivity index (χ4v) is 4.24. The van der Waals surface area contributed by atoms with E-state index in [4.69, 9.17) is 0 Å². The van der Waals surface area contributed by atoms with Crippen molar-refractivity contribution in [2.75, 3.05) is 4.90 Å². The molecule has 0 radical (unpaired) electrons. The zero-order valence-corrected chi connectivity index (χ0v) is 19.3. The number of para-hydroxylation sites is 1. The van der Waals surface area contributed by atoms with Crippen molar-refractivity contribution >= 4 is 61.5 Å². The van der Waals surface area contributed by atoms with E-state index in [1.807, 2.05) is 42.5 Å². The molecule has 1 N–H and O–H groups in total. The number of rotatable bonds is 4. The summed E-state index contributed by atoms with van der Waals surface area (Å²) in [4.78, 5) is 38.5. The van der Waals surface area contributed by atoms with Crippen molar-refractivity contribution in [3.63, 3.8) is 0 Å². The molecule has 0 saturated carbocycles. The van der Waals surface area contributed by atoms with Gasteiger partial charge in [0.2, 0.25) is 0 Å². The van der Waals surface area contributed by atoms with E-state index in [0.717, 1.165) is 25.0 Å². The number of halogens is 2. The predicted octanol–water partition coefficient (Wildman–Crippen LogP) is 5.47. The molecule has 5 nitrogen and oxygen atoms in total. The van der Waals surface area contributed by atoms with Crippen LogP contribution in [0.5, 0.6) is 0 Å². The summed E-state index contributed by atoms with van der Waals surface area (Å²) in [6.45, 7) is 0. The van der Waals surface area contributed by atoms with Gasteiger partial charge in [-0.2, -0.15) is 0 Å². The lowest BCUT2D eigenvalue weighted by molar-refractivity contribution is -0.122. The number of hydrogen-bond acceptors (Lipinski definition) is 3. The van der Waals surface area contributed by atoms with Gasteiger partial charge in [0, 0.05) is 8.95 Å². The second kappa shape index (κ2) is 8.99. The number of carbonyl (C=O) groups excluding carboxylic acids is 3. The lowest BCUT2D eigenvalue weighted by Crippen LogP contribution is -2.54. The summed E-state index contributed by atoms with van der Waals surface area (Å²) in [6, 6.07) is 21.4. The van der Waals surface area contributed by atoms with E-state index >= 15 is 0 Å². The van der Waals surface area contributed by atoms with Gasteiger partial charge in [-0.15, -0.1) is 0 Å². The minimum Gasteiger partial charge on any atom is -0.273 e. The number of nitrogens with zero attached hydrogens (tertiary/aromatic N) is 1. The van der Waals surface area contributed by atoms with Crippen molar-refractivity contribution in [2.24, 2.45) is 0 Å². The Balaban J connectivity index is 1.63. The first-order valence-corrected chi connectivity index (χ1v) is 11.0. The number of anilines is 1. The first-order chi connectivity index (χ1) is 14.9. The average Bonchev–Trinajstić information content (AvgIpc) is 2.75. The number of imide groups is 2. The number of urea groups is 1. The third-order valence-electron chi connectivity index (χ3n) is 4.84. The van der Waals surface area contributed by atoms with Crippen LogP contribution >= 0.6 is 31.9 Å². The Labute approximate surface area is 196 Å². The van der Waals surface area contributed by atoms with Crippen LogP contribution in [0.25, 0.3) is 6.08 Å². The van der Waals surface area contributed by atoms with Gasteiger partial charge in [-0.05, 0) is 53.5 Å². The van der Waals surface area contributed by atoms with Gasteiger partial charge in [-0.25, -0.2) is 9.69 Å². The minimum absolute atomic E-state index is 0.103. The van der Waals surface area contributed by atoms with Gasteiger partial charge in [0.25, 0.3) is 11.8 Å². The van der Waals surface area contributed by atoms with Crippen LogP contribution in [0.4, 0.5) is 10.5 Å². The number of barbiturate groups is 1. The van der Waals surface area contributed by atoms with Crippen LogP contribution in [-0.4, -0.2) is 17.8 Å². The van der Waals surface area contributed by atoms with Gasteiger partial charge >= 0.3 is 6.03 Å². The summed E-state index contributed by atoms with van der Waals surface area (Å²) in [5.41, 5.74) is 3.17. The summed E-state index contributed by atoms with van der Waals surface area (Å²) in [7, 11) is 0. The SMILES string of the molecule is O=C1NC(=O)N(c2ccccc2)C(=O)/C1=C/c1ccc(Cc2ccccc2Br)c(Br)c1. The maximum Gasteiger partial charge on any atom is 0.335 e. The van der Waals surface area contributed by atoms with Crippen LogP contribution in [0.3, 0.4) is 0 Å². The zero-order valence-electron chi connectivity index (χ0n) is 16.1. The molecule has 0 spiro atoms. The molecule has 0 aromatic heterocycles. The third kappa shape index (κ3) is 4.52. The van der Waals surface area contributed by atoms with Crippen molar-refractivity contribution in [3.05, 3.63) is 104 Å². The molecule has 3 aromatic rings. The molecule has 1 fully saturated rings. The second-order valence-corrected chi connectivity index (χ2v) is 8.62. The molecule has 7 heteroatoms. The van der Waals surface area contributed by atoms with Crippen LogP contribution < -0.4 is 10.2 Å². The molecule has 3 aromatic carbocycles. The Bertz CT molecular complexity index is 1220. The normalized spacial score (nSPS) is 15.4. The monoisotopic (exact) mass is 538 g/mol. The number of carbonyl (C=O) groups is 3. The van der Waals surface area contributed by atoms with Crippen molar-refractivity contribution < 1.29 is 14.4 Å². The Morgan fingerprint density at radius 2 is 1.48 bits per heavy atom. The first-order valence-electron chi connectivity index (χ1n) is 9.42. The van der Waals surface area contributed by atoms with Crippen molar-refractivity contribution in [3.8, 4) is 0 Å². The van der Waals surface area contributed by atoms with Gasteiger partial charge in [-0.3, -0.25) is 14.9 Å². The van der Waals surface area contributed by atoms with Crippen LogP contribution in [-0.2, 0) is 16.0 Å². The first kappa shape index (κ1) is 21.2. The Hall–Kier alpha value is -3.03. The quantitative estimate of drug-likeness (QED) is 0.353. The highest BCUT2D eigenvalue weighted by atomic mass is 79.9. The van der Waals surface area contributed by atoms with E-state index in [9.17, 15) is 14.4 Å². The van der Waals surface area contributed by atoms with E-state index < -0.39 is 17.8 Å². The fraction of sp³-hybridized carbons (Fsp3) is 0.0417. The van der Waals surface area contributed by atoms with Crippen molar-refractivity contribution in [1.82, 2.24) is 5.32 Å². The van der Waals surface area contributed by atoms with E-state index in [1.54, 1.807) is 30.3 Å². The third-order valence-corrected chi connectivity index (χ3v) is 6.35.